The molecule has 0 bridgehead atoms. The lowest BCUT2D eigenvalue weighted by Crippen LogP contribution is -2.36. The molecule has 1 aromatic rings. The van der Waals surface area contributed by atoms with Gasteiger partial charge < -0.3 is 15.8 Å². The van der Waals surface area contributed by atoms with E-state index >= 15 is 0 Å². The van der Waals surface area contributed by atoms with E-state index in [1.54, 1.807) is 6.92 Å². The normalized spacial score (nSPS) is 13.8. The summed E-state index contributed by atoms with van der Waals surface area (Å²) in [5.41, 5.74) is 5.54. The van der Waals surface area contributed by atoms with Crippen LogP contribution in [0.1, 0.15) is 20.3 Å². The van der Waals surface area contributed by atoms with Crippen LogP contribution in [0, 0.1) is 0 Å². The van der Waals surface area contributed by atoms with Crippen molar-refractivity contribution in [2.75, 3.05) is 6.54 Å². The molecule has 1 amide bonds. The standard InChI is InChI=1S/C13H19BrN2O2/c1-9(15)6-13(17)16-8-10(2)18-12-5-3-4-11(14)7-12/h3-5,7,9-10H,6,8,15H2,1-2H3,(H,16,17). The maximum absolute atomic E-state index is 11.4. The molecule has 2 unspecified atom stereocenters. The van der Waals surface area contributed by atoms with Crippen LogP contribution in [-0.2, 0) is 4.79 Å². The van der Waals surface area contributed by atoms with E-state index in [4.69, 9.17) is 10.5 Å². The second-order valence-electron chi connectivity index (χ2n) is 4.37. The number of amides is 1. The summed E-state index contributed by atoms with van der Waals surface area (Å²) in [6.45, 7) is 4.19. The summed E-state index contributed by atoms with van der Waals surface area (Å²) in [7, 11) is 0. The van der Waals surface area contributed by atoms with Gasteiger partial charge in [-0.3, -0.25) is 4.79 Å². The molecule has 1 aromatic carbocycles. The van der Waals surface area contributed by atoms with Crippen LogP contribution in [0.2, 0.25) is 0 Å². The molecule has 2 atom stereocenters. The van der Waals surface area contributed by atoms with Crippen molar-refractivity contribution < 1.29 is 9.53 Å². The van der Waals surface area contributed by atoms with Crippen molar-refractivity contribution in [2.24, 2.45) is 5.73 Å². The Kier molecular flexibility index (Phi) is 6.15. The molecule has 0 radical (unpaired) electrons. The zero-order chi connectivity index (χ0) is 13.5. The van der Waals surface area contributed by atoms with Gasteiger partial charge in [-0.1, -0.05) is 22.0 Å². The number of nitrogens with two attached hydrogens (primary N) is 1. The summed E-state index contributed by atoms with van der Waals surface area (Å²) in [4.78, 5) is 11.4. The second kappa shape index (κ2) is 7.38. The first-order chi connectivity index (χ1) is 8.47. The van der Waals surface area contributed by atoms with E-state index in [9.17, 15) is 4.79 Å². The van der Waals surface area contributed by atoms with Crippen LogP contribution in [0.3, 0.4) is 0 Å². The second-order valence-corrected chi connectivity index (χ2v) is 5.29. The Bertz CT molecular complexity index is 396. The smallest absolute Gasteiger partial charge is 0.221 e. The van der Waals surface area contributed by atoms with Gasteiger partial charge in [-0.05, 0) is 32.0 Å². The Balaban J connectivity index is 2.33. The first-order valence-electron chi connectivity index (χ1n) is 5.92. The van der Waals surface area contributed by atoms with Gasteiger partial charge in [0, 0.05) is 16.9 Å². The van der Waals surface area contributed by atoms with Gasteiger partial charge in [0.05, 0.1) is 6.54 Å². The minimum absolute atomic E-state index is 0.0466. The molecular weight excluding hydrogens is 296 g/mol. The Labute approximate surface area is 116 Å². The van der Waals surface area contributed by atoms with Crippen LogP contribution in [-0.4, -0.2) is 24.6 Å². The fourth-order valence-electron chi connectivity index (χ4n) is 1.44. The molecule has 0 aromatic heterocycles. The molecule has 1 rings (SSSR count). The maximum atomic E-state index is 11.4. The number of rotatable bonds is 6. The molecule has 0 fully saturated rings. The molecule has 0 aliphatic heterocycles. The minimum Gasteiger partial charge on any atom is -0.489 e. The summed E-state index contributed by atoms with van der Waals surface area (Å²) in [5, 5.41) is 2.79. The highest BCUT2D eigenvalue weighted by Gasteiger charge is 2.08. The van der Waals surface area contributed by atoms with Crippen LogP contribution in [0.15, 0.2) is 28.7 Å². The third-order valence-electron chi connectivity index (χ3n) is 2.23. The zero-order valence-electron chi connectivity index (χ0n) is 10.7. The van der Waals surface area contributed by atoms with Gasteiger partial charge in [0.2, 0.25) is 5.91 Å². The Morgan fingerprint density at radius 3 is 2.83 bits per heavy atom. The van der Waals surface area contributed by atoms with Gasteiger partial charge in [-0.2, -0.15) is 0 Å². The predicted octanol–water partition coefficient (Wildman–Crippen LogP) is 2.07. The van der Waals surface area contributed by atoms with E-state index < -0.39 is 0 Å². The SMILES string of the molecule is CC(N)CC(=O)NCC(C)Oc1cccc(Br)c1. The number of hydrogen-bond donors (Lipinski definition) is 2. The molecule has 3 N–H and O–H groups in total. The molecule has 0 heterocycles. The van der Waals surface area contributed by atoms with E-state index in [-0.39, 0.29) is 18.1 Å². The first kappa shape index (κ1) is 15.0. The van der Waals surface area contributed by atoms with E-state index in [0.29, 0.717) is 13.0 Å². The molecule has 0 saturated carbocycles. The highest BCUT2D eigenvalue weighted by atomic mass is 79.9. The number of carbonyl (C=O) groups excluding carboxylic acids is 1. The fourth-order valence-corrected chi connectivity index (χ4v) is 1.81. The van der Waals surface area contributed by atoms with Crippen LogP contribution in [0.5, 0.6) is 5.75 Å². The molecule has 5 heteroatoms. The Morgan fingerprint density at radius 1 is 1.50 bits per heavy atom. The van der Waals surface area contributed by atoms with Crippen molar-refractivity contribution in [1.29, 1.82) is 0 Å². The topological polar surface area (TPSA) is 64.4 Å². The van der Waals surface area contributed by atoms with Crippen LogP contribution >= 0.6 is 15.9 Å². The number of hydrogen-bond acceptors (Lipinski definition) is 3. The molecule has 100 valence electrons. The van der Waals surface area contributed by atoms with Gasteiger partial charge >= 0.3 is 0 Å². The number of halogens is 1. The number of benzene rings is 1. The summed E-state index contributed by atoms with van der Waals surface area (Å²) in [5.74, 6) is 0.730. The third-order valence-corrected chi connectivity index (χ3v) is 2.72. The van der Waals surface area contributed by atoms with Gasteiger partial charge in [0.15, 0.2) is 0 Å². The Hall–Kier alpha value is -1.07. The fraction of sp³-hybridized carbons (Fsp3) is 0.462. The van der Waals surface area contributed by atoms with E-state index in [1.165, 1.54) is 0 Å². The third kappa shape index (κ3) is 6.02. The van der Waals surface area contributed by atoms with Gasteiger partial charge in [0.25, 0.3) is 0 Å². The van der Waals surface area contributed by atoms with Crippen LogP contribution in [0.4, 0.5) is 0 Å². The van der Waals surface area contributed by atoms with Crippen molar-refractivity contribution in [3.8, 4) is 5.75 Å². The number of carbonyl (C=O) groups is 1. The van der Waals surface area contributed by atoms with Crippen LogP contribution < -0.4 is 15.8 Å². The van der Waals surface area contributed by atoms with Gasteiger partial charge in [0.1, 0.15) is 11.9 Å². The van der Waals surface area contributed by atoms with Gasteiger partial charge in [-0.25, -0.2) is 0 Å². The monoisotopic (exact) mass is 314 g/mol. The lowest BCUT2D eigenvalue weighted by molar-refractivity contribution is -0.121. The van der Waals surface area contributed by atoms with Crippen molar-refractivity contribution in [2.45, 2.75) is 32.4 Å². The molecule has 18 heavy (non-hydrogen) atoms. The average molecular weight is 315 g/mol. The summed E-state index contributed by atoms with van der Waals surface area (Å²) >= 11 is 3.38. The predicted molar refractivity (Wildman–Crippen MR) is 75.5 cm³/mol. The highest BCUT2D eigenvalue weighted by Crippen LogP contribution is 2.18. The summed E-state index contributed by atoms with van der Waals surface area (Å²) in [6.07, 6.45) is 0.250. The van der Waals surface area contributed by atoms with Gasteiger partial charge in [-0.15, -0.1) is 0 Å². The van der Waals surface area contributed by atoms with Crippen molar-refractivity contribution in [3.05, 3.63) is 28.7 Å². The number of nitrogens with one attached hydrogen (secondary N) is 1. The average Bonchev–Trinajstić information content (AvgIpc) is 2.25. The number of ether oxygens (including phenoxy) is 1. The highest BCUT2D eigenvalue weighted by molar-refractivity contribution is 9.10. The maximum Gasteiger partial charge on any atom is 0.221 e. The largest absolute Gasteiger partial charge is 0.489 e. The van der Waals surface area contributed by atoms with E-state index in [1.807, 2.05) is 31.2 Å². The summed E-state index contributed by atoms with van der Waals surface area (Å²) in [6, 6.07) is 7.49. The van der Waals surface area contributed by atoms with Crippen molar-refractivity contribution >= 4 is 21.8 Å². The van der Waals surface area contributed by atoms with E-state index in [0.717, 1.165) is 10.2 Å². The molecule has 0 aliphatic rings. The molecule has 4 nitrogen and oxygen atoms in total. The van der Waals surface area contributed by atoms with E-state index in [2.05, 4.69) is 21.2 Å². The van der Waals surface area contributed by atoms with Crippen molar-refractivity contribution in [1.82, 2.24) is 5.32 Å². The zero-order valence-corrected chi connectivity index (χ0v) is 12.2. The molecule has 0 saturated heterocycles. The minimum atomic E-state index is -0.119. The Morgan fingerprint density at radius 2 is 2.22 bits per heavy atom. The molecular formula is C13H19BrN2O2. The van der Waals surface area contributed by atoms with Crippen LogP contribution in [0.25, 0.3) is 0 Å². The molecule has 0 aliphatic carbocycles. The van der Waals surface area contributed by atoms with Crippen molar-refractivity contribution in [3.63, 3.8) is 0 Å². The quantitative estimate of drug-likeness (QED) is 0.845. The lowest BCUT2D eigenvalue weighted by atomic mass is 10.2. The molecule has 0 spiro atoms. The lowest BCUT2D eigenvalue weighted by Gasteiger charge is -2.16. The first-order valence-corrected chi connectivity index (χ1v) is 6.71. The summed E-state index contributed by atoms with van der Waals surface area (Å²) < 4.78 is 6.64.